The standard InChI is InChI=1S/C23H28N6O2/c1-27(2)11-6-9-21(31)28-12-10-19-18(13-28)14-29-22(19)23(24-16-25-29)26-20(15-30)17-7-4-3-5-8-17/h3-9,14,16,20,30H,10-13,15H2,1-2H3,(H,24,25,26)/b9-6+/t20-/m1/s1. The number of aliphatic hydroxyl groups is 1. The normalized spacial score (nSPS) is 14.9. The van der Waals surface area contributed by atoms with Crippen LogP contribution in [0.25, 0.3) is 5.52 Å². The van der Waals surface area contributed by atoms with Gasteiger partial charge < -0.3 is 20.2 Å². The average molecular weight is 421 g/mol. The van der Waals surface area contributed by atoms with Gasteiger partial charge in [0.15, 0.2) is 5.82 Å². The summed E-state index contributed by atoms with van der Waals surface area (Å²) < 4.78 is 1.81. The van der Waals surface area contributed by atoms with Crippen LogP contribution in [-0.4, -0.2) is 69.2 Å². The van der Waals surface area contributed by atoms with Crippen LogP contribution in [0.15, 0.2) is 55.0 Å². The molecule has 0 bridgehead atoms. The summed E-state index contributed by atoms with van der Waals surface area (Å²) in [5, 5.41) is 17.7. The van der Waals surface area contributed by atoms with Crippen LogP contribution in [0.2, 0.25) is 0 Å². The number of rotatable bonds is 7. The molecular weight excluding hydrogens is 392 g/mol. The Morgan fingerprint density at radius 2 is 2.13 bits per heavy atom. The maximum absolute atomic E-state index is 12.6. The van der Waals surface area contributed by atoms with Crippen molar-refractivity contribution in [3.8, 4) is 0 Å². The molecule has 162 valence electrons. The number of aromatic nitrogens is 3. The molecule has 2 N–H and O–H groups in total. The van der Waals surface area contributed by atoms with Crippen molar-refractivity contribution in [2.24, 2.45) is 0 Å². The highest BCUT2D eigenvalue weighted by atomic mass is 16.3. The summed E-state index contributed by atoms with van der Waals surface area (Å²) in [6.45, 7) is 1.88. The largest absolute Gasteiger partial charge is 0.394 e. The van der Waals surface area contributed by atoms with Gasteiger partial charge >= 0.3 is 0 Å². The molecule has 1 aliphatic rings. The third kappa shape index (κ3) is 4.60. The molecule has 0 radical (unpaired) electrons. The summed E-state index contributed by atoms with van der Waals surface area (Å²) in [5.74, 6) is 0.710. The molecule has 0 spiro atoms. The van der Waals surface area contributed by atoms with Gasteiger partial charge in [0.2, 0.25) is 5.91 Å². The number of hydrogen-bond donors (Lipinski definition) is 2. The molecule has 2 aromatic heterocycles. The maximum Gasteiger partial charge on any atom is 0.246 e. The topological polar surface area (TPSA) is 86.0 Å². The number of carbonyl (C=O) groups is 1. The van der Waals surface area contributed by atoms with Gasteiger partial charge in [-0.1, -0.05) is 36.4 Å². The molecule has 0 saturated heterocycles. The van der Waals surface area contributed by atoms with Gasteiger partial charge in [0.05, 0.1) is 12.6 Å². The predicted molar refractivity (Wildman–Crippen MR) is 120 cm³/mol. The van der Waals surface area contributed by atoms with E-state index < -0.39 is 0 Å². The molecule has 1 aromatic carbocycles. The van der Waals surface area contributed by atoms with E-state index in [0.717, 1.165) is 35.2 Å². The summed E-state index contributed by atoms with van der Waals surface area (Å²) in [4.78, 5) is 20.9. The van der Waals surface area contributed by atoms with E-state index in [0.29, 0.717) is 18.9 Å². The van der Waals surface area contributed by atoms with Crippen molar-refractivity contribution in [3.05, 3.63) is 71.7 Å². The second kappa shape index (κ2) is 9.28. The summed E-state index contributed by atoms with van der Waals surface area (Å²) in [5.41, 5.74) is 4.11. The number of nitrogens with one attached hydrogen (secondary N) is 1. The molecule has 3 heterocycles. The van der Waals surface area contributed by atoms with Crippen molar-refractivity contribution in [2.45, 2.75) is 19.0 Å². The van der Waals surface area contributed by atoms with E-state index in [-0.39, 0.29) is 18.6 Å². The fourth-order valence-corrected chi connectivity index (χ4v) is 3.92. The SMILES string of the molecule is CN(C)C/C=C/C(=O)N1CCc2c(cn3ncnc(N[C@H](CO)c4ccccc4)c23)C1. The summed E-state index contributed by atoms with van der Waals surface area (Å²) >= 11 is 0. The van der Waals surface area contributed by atoms with E-state index in [1.807, 2.05) is 71.0 Å². The van der Waals surface area contributed by atoms with Crippen molar-refractivity contribution in [1.29, 1.82) is 0 Å². The molecule has 1 amide bonds. The Morgan fingerprint density at radius 3 is 2.87 bits per heavy atom. The van der Waals surface area contributed by atoms with Gasteiger partial charge in [-0.25, -0.2) is 9.50 Å². The smallest absolute Gasteiger partial charge is 0.246 e. The Bertz CT molecular complexity index is 1080. The van der Waals surface area contributed by atoms with Crippen LogP contribution in [0.4, 0.5) is 5.82 Å². The fraction of sp³-hybridized carbons (Fsp3) is 0.348. The Labute approximate surface area is 181 Å². The van der Waals surface area contributed by atoms with Crippen LogP contribution >= 0.6 is 0 Å². The molecule has 3 aromatic rings. The Kier molecular flexibility index (Phi) is 6.29. The van der Waals surface area contributed by atoms with Gasteiger partial charge in [0, 0.05) is 31.9 Å². The fourth-order valence-electron chi connectivity index (χ4n) is 3.92. The number of amides is 1. The lowest BCUT2D eigenvalue weighted by molar-refractivity contribution is -0.126. The zero-order valence-corrected chi connectivity index (χ0v) is 17.9. The number of likely N-dealkylation sites (N-methyl/N-ethyl adjacent to an activating group) is 1. The lowest BCUT2D eigenvalue weighted by Crippen LogP contribution is -2.34. The van der Waals surface area contributed by atoms with Crippen LogP contribution in [-0.2, 0) is 17.8 Å². The van der Waals surface area contributed by atoms with Gasteiger partial charge in [-0.05, 0) is 37.2 Å². The van der Waals surface area contributed by atoms with E-state index >= 15 is 0 Å². The van der Waals surface area contributed by atoms with Gasteiger partial charge in [0.25, 0.3) is 0 Å². The van der Waals surface area contributed by atoms with Crippen molar-refractivity contribution >= 4 is 17.2 Å². The first-order chi connectivity index (χ1) is 15.1. The number of hydrogen-bond acceptors (Lipinski definition) is 6. The van der Waals surface area contributed by atoms with E-state index in [4.69, 9.17) is 0 Å². The average Bonchev–Trinajstić information content (AvgIpc) is 3.16. The third-order valence-corrected chi connectivity index (χ3v) is 5.50. The van der Waals surface area contributed by atoms with Crippen LogP contribution in [0, 0.1) is 0 Å². The number of benzene rings is 1. The van der Waals surface area contributed by atoms with Crippen LogP contribution in [0.1, 0.15) is 22.7 Å². The van der Waals surface area contributed by atoms with Gasteiger partial charge in [0.1, 0.15) is 11.8 Å². The first-order valence-corrected chi connectivity index (χ1v) is 10.4. The Hall–Kier alpha value is -3.23. The molecule has 8 heteroatoms. The minimum absolute atomic E-state index is 0.0246. The van der Waals surface area contributed by atoms with Crippen LogP contribution in [0.3, 0.4) is 0 Å². The first kappa shape index (κ1) is 21.0. The Balaban J connectivity index is 1.58. The van der Waals surface area contributed by atoms with E-state index in [1.54, 1.807) is 6.08 Å². The lowest BCUT2D eigenvalue weighted by Gasteiger charge is -2.26. The molecule has 1 atom stereocenters. The highest BCUT2D eigenvalue weighted by molar-refractivity contribution is 5.88. The summed E-state index contributed by atoms with van der Waals surface area (Å²) in [6.07, 6.45) is 7.75. The molecule has 0 unspecified atom stereocenters. The highest BCUT2D eigenvalue weighted by Crippen LogP contribution is 2.30. The number of nitrogens with zero attached hydrogens (tertiary/aromatic N) is 5. The second-order valence-electron chi connectivity index (χ2n) is 8.00. The number of aliphatic hydroxyl groups excluding tert-OH is 1. The van der Waals surface area contributed by atoms with Crippen molar-refractivity contribution in [3.63, 3.8) is 0 Å². The number of fused-ring (bicyclic) bond motifs is 3. The van der Waals surface area contributed by atoms with Crippen molar-refractivity contribution in [2.75, 3.05) is 39.1 Å². The zero-order valence-electron chi connectivity index (χ0n) is 17.9. The van der Waals surface area contributed by atoms with E-state index in [2.05, 4.69) is 15.4 Å². The molecule has 31 heavy (non-hydrogen) atoms. The predicted octanol–water partition coefficient (Wildman–Crippen LogP) is 1.88. The highest BCUT2D eigenvalue weighted by Gasteiger charge is 2.25. The molecule has 8 nitrogen and oxygen atoms in total. The molecule has 1 aliphatic heterocycles. The number of carbonyl (C=O) groups excluding carboxylic acids is 1. The Morgan fingerprint density at radius 1 is 1.32 bits per heavy atom. The molecule has 0 saturated carbocycles. The van der Waals surface area contributed by atoms with Gasteiger partial charge in [-0.15, -0.1) is 0 Å². The second-order valence-corrected chi connectivity index (χ2v) is 8.00. The van der Waals surface area contributed by atoms with E-state index in [9.17, 15) is 9.90 Å². The first-order valence-electron chi connectivity index (χ1n) is 10.4. The van der Waals surface area contributed by atoms with Crippen molar-refractivity contribution < 1.29 is 9.90 Å². The van der Waals surface area contributed by atoms with E-state index in [1.165, 1.54) is 6.33 Å². The number of anilines is 1. The summed E-state index contributed by atoms with van der Waals surface area (Å²) in [7, 11) is 3.95. The molecular formula is C23H28N6O2. The van der Waals surface area contributed by atoms with Crippen molar-refractivity contribution in [1.82, 2.24) is 24.4 Å². The quantitative estimate of drug-likeness (QED) is 0.568. The molecule has 4 rings (SSSR count). The van der Waals surface area contributed by atoms with Gasteiger partial charge in [-0.2, -0.15) is 5.10 Å². The molecule has 0 aliphatic carbocycles. The molecule has 0 fully saturated rings. The maximum atomic E-state index is 12.6. The summed E-state index contributed by atoms with van der Waals surface area (Å²) in [6, 6.07) is 9.54. The van der Waals surface area contributed by atoms with Gasteiger partial charge in [-0.3, -0.25) is 4.79 Å². The van der Waals surface area contributed by atoms with Crippen LogP contribution in [0.5, 0.6) is 0 Å². The monoisotopic (exact) mass is 420 g/mol. The minimum Gasteiger partial charge on any atom is -0.394 e. The lowest BCUT2D eigenvalue weighted by atomic mass is 10.0. The van der Waals surface area contributed by atoms with Crippen LogP contribution < -0.4 is 5.32 Å². The third-order valence-electron chi connectivity index (χ3n) is 5.50. The minimum atomic E-state index is -0.269. The zero-order chi connectivity index (χ0) is 21.8.